The van der Waals surface area contributed by atoms with Gasteiger partial charge in [0, 0.05) is 11.1 Å². The van der Waals surface area contributed by atoms with E-state index in [0.29, 0.717) is 0 Å². The number of ether oxygens (including phenoxy) is 1. The Hall–Kier alpha value is -1.39. The first kappa shape index (κ1) is 12.7. The Morgan fingerprint density at radius 3 is 2.12 bits per heavy atom. The molecule has 0 N–H and O–H groups in total. The quantitative estimate of drug-likeness (QED) is 0.618. The van der Waals surface area contributed by atoms with E-state index >= 15 is 0 Å². The first-order valence-electron chi connectivity index (χ1n) is 4.09. The molecule has 0 saturated carbocycles. The van der Waals surface area contributed by atoms with Crippen molar-refractivity contribution in [3.63, 3.8) is 0 Å². The zero-order valence-electron chi connectivity index (χ0n) is 8.12. The van der Waals surface area contributed by atoms with Crippen LogP contribution in [0.25, 0.3) is 0 Å². The number of methoxy groups -OCH3 is 1. The molecular weight excluding hydrogens is 255 g/mol. The van der Waals surface area contributed by atoms with Gasteiger partial charge in [-0.25, -0.2) is 4.79 Å². The molecule has 0 spiro atoms. The topological polar surface area (TPSA) is 60.4 Å². The largest absolute Gasteiger partial charge is 0.465 e. The normalized spacial score (nSPS) is 9.69. The highest BCUT2D eigenvalue weighted by Crippen LogP contribution is 2.17. The monoisotopic (exact) mass is 260 g/mol. The van der Waals surface area contributed by atoms with Crippen molar-refractivity contribution in [2.75, 3.05) is 7.11 Å². The fourth-order valence-corrected chi connectivity index (χ4v) is 1.40. The second-order valence-electron chi connectivity index (χ2n) is 2.80. The van der Waals surface area contributed by atoms with Gasteiger partial charge in [0.1, 0.15) is 0 Å². The van der Waals surface area contributed by atoms with Crippen LogP contribution >= 0.6 is 23.2 Å². The fourth-order valence-electron chi connectivity index (χ4n) is 1.12. The maximum absolute atomic E-state index is 11.3. The van der Waals surface area contributed by atoms with E-state index in [9.17, 15) is 14.4 Å². The minimum atomic E-state index is -0.811. The molecule has 0 atom stereocenters. The summed E-state index contributed by atoms with van der Waals surface area (Å²) in [6.45, 7) is 0. The third-order valence-corrected chi connectivity index (χ3v) is 2.29. The molecule has 0 fully saturated rings. The zero-order valence-corrected chi connectivity index (χ0v) is 9.63. The Bertz CT molecular complexity index is 468. The smallest absolute Gasteiger partial charge is 0.338 e. The van der Waals surface area contributed by atoms with Crippen molar-refractivity contribution < 1.29 is 19.1 Å². The second-order valence-corrected chi connectivity index (χ2v) is 3.49. The molecule has 6 heteroatoms. The van der Waals surface area contributed by atoms with E-state index in [4.69, 9.17) is 23.2 Å². The summed E-state index contributed by atoms with van der Waals surface area (Å²) < 4.78 is 4.46. The van der Waals surface area contributed by atoms with Crippen molar-refractivity contribution in [1.29, 1.82) is 0 Å². The molecule has 0 radical (unpaired) electrons. The average Bonchev–Trinajstić information content (AvgIpc) is 2.26. The minimum absolute atomic E-state index is 0.0322. The first-order chi connectivity index (χ1) is 7.47. The summed E-state index contributed by atoms with van der Waals surface area (Å²) in [4.78, 5) is 33.2. The molecule has 0 aliphatic rings. The molecule has 0 amide bonds. The van der Waals surface area contributed by atoms with Crippen LogP contribution in [0.15, 0.2) is 18.2 Å². The average molecular weight is 261 g/mol. The van der Waals surface area contributed by atoms with Crippen LogP contribution in [0.4, 0.5) is 0 Å². The summed E-state index contributed by atoms with van der Waals surface area (Å²) in [6.07, 6.45) is 0. The number of hydrogen-bond acceptors (Lipinski definition) is 4. The number of rotatable bonds is 3. The lowest BCUT2D eigenvalue weighted by Crippen LogP contribution is -2.09. The van der Waals surface area contributed by atoms with Gasteiger partial charge >= 0.3 is 5.97 Å². The van der Waals surface area contributed by atoms with Crippen molar-refractivity contribution in [1.82, 2.24) is 0 Å². The van der Waals surface area contributed by atoms with Crippen molar-refractivity contribution in [2.24, 2.45) is 0 Å². The van der Waals surface area contributed by atoms with E-state index in [1.165, 1.54) is 12.1 Å². The molecule has 0 heterocycles. The van der Waals surface area contributed by atoms with Crippen molar-refractivity contribution in [3.8, 4) is 0 Å². The van der Waals surface area contributed by atoms with Crippen molar-refractivity contribution in [3.05, 3.63) is 34.9 Å². The third kappa shape index (κ3) is 2.59. The van der Waals surface area contributed by atoms with E-state index < -0.39 is 16.5 Å². The van der Waals surface area contributed by atoms with Gasteiger partial charge in [0.15, 0.2) is 0 Å². The summed E-state index contributed by atoms with van der Waals surface area (Å²) in [5.74, 6) is -0.760. The maximum atomic E-state index is 11.3. The van der Waals surface area contributed by atoms with E-state index in [1.807, 2.05) is 0 Å². The van der Waals surface area contributed by atoms with Crippen LogP contribution in [0.3, 0.4) is 0 Å². The summed E-state index contributed by atoms with van der Waals surface area (Å²) in [6, 6.07) is 3.71. The Morgan fingerprint density at radius 2 is 1.69 bits per heavy atom. The SMILES string of the molecule is COC(=O)c1cc(C(=O)Cl)ccc1C(=O)Cl. The van der Waals surface area contributed by atoms with E-state index in [2.05, 4.69) is 4.74 Å². The Labute approximate surface area is 101 Å². The van der Waals surface area contributed by atoms with Gasteiger partial charge in [-0.05, 0) is 41.4 Å². The Kier molecular flexibility index (Phi) is 4.04. The summed E-state index contributed by atoms with van der Waals surface area (Å²) in [5, 5.41) is -1.55. The van der Waals surface area contributed by atoms with Gasteiger partial charge in [-0.15, -0.1) is 0 Å². The molecule has 0 aromatic heterocycles. The molecule has 0 bridgehead atoms. The summed E-state index contributed by atoms with van der Waals surface area (Å²) in [5.41, 5.74) is -0.0343. The molecule has 1 aromatic carbocycles. The maximum Gasteiger partial charge on any atom is 0.338 e. The van der Waals surface area contributed by atoms with Crippen LogP contribution in [0.1, 0.15) is 31.1 Å². The summed E-state index contributed by atoms with van der Waals surface area (Å²) in [7, 11) is 1.15. The lowest BCUT2D eigenvalue weighted by Gasteiger charge is -2.05. The number of esters is 1. The van der Waals surface area contributed by atoms with Crippen LogP contribution in [0.2, 0.25) is 0 Å². The van der Waals surface area contributed by atoms with Gasteiger partial charge in [0.25, 0.3) is 10.5 Å². The van der Waals surface area contributed by atoms with Crippen LogP contribution in [-0.4, -0.2) is 23.6 Å². The van der Waals surface area contributed by atoms with Crippen molar-refractivity contribution in [2.45, 2.75) is 0 Å². The van der Waals surface area contributed by atoms with Crippen molar-refractivity contribution >= 4 is 39.7 Å². The zero-order chi connectivity index (χ0) is 12.3. The highest BCUT2D eigenvalue weighted by atomic mass is 35.5. The minimum Gasteiger partial charge on any atom is -0.465 e. The highest BCUT2D eigenvalue weighted by molar-refractivity contribution is 6.69. The van der Waals surface area contributed by atoms with Crippen LogP contribution in [0, 0.1) is 0 Å². The number of benzene rings is 1. The molecular formula is C10H6Cl2O4. The molecule has 1 rings (SSSR count). The molecule has 0 saturated heterocycles. The lowest BCUT2D eigenvalue weighted by atomic mass is 10.1. The van der Waals surface area contributed by atoms with Gasteiger partial charge in [-0.3, -0.25) is 9.59 Å². The third-order valence-electron chi connectivity index (χ3n) is 1.86. The molecule has 16 heavy (non-hydrogen) atoms. The molecule has 0 unspecified atom stereocenters. The molecule has 0 aliphatic heterocycles. The fraction of sp³-hybridized carbons (Fsp3) is 0.100. The van der Waals surface area contributed by atoms with Crippen LogP contribution in [0.5, 0.6) is 0 Å². The molecule has 0 aliphatic carbocycles. The van der Waals surface area contributed by atoms with Gasteiger partial charge < -0.3 is 4.74 Å². The van der Waals surface area contributed by atoms with Gasteiger partial charge in [0.05, 0.1) is 12.7 Å². The van der Waals surface area contributed by atoms with E-state index in [1.54, 1.807) is 0 Å². The van der Waals surface area contributed by atoms with Crippen LogP contribution in [-0.2, 0) is 4.74 Å². The predicted octanol–water partition coefficient (Wildman–Crippen LogP) is 2.23. The predicted molar refractivity (Wildman–Crippen MR) is 58.1 cm³/mol. The number of carbonyl (C=O) groups excluding carboxylic acids is 3. The highest BCUT2D eigenvalue weighted by Gasteiger charge is 2.18. The molecule has 84 valence electrons. The number of halogens is 2. The van der Waals surface area contributed by atoms with E-state index in [-0.39, 0.29) is 16.7 Å². The molecule has 1 aromatic rings. The standard InChI is InChI=1S/C10H6Cl2O4/c1-16-10(15)7-4-5(8(11)13)2-3-6(7)9(12)14/h2-4H,1H3. The lowest BCUT2D eigenvalue weighted by molar-refractivity contribution is 0.0598. The Balaban J connectivity index is 3.38. The van der Waals surface area contributed by atoms with E-state index in [0.717, 1.165) is 13.2 Å². The van der Waals surface area contributed by atoms with Gasteiger partial charge in [-0.2, -0.15) is 0 Å². The Morgan fingerprint density at radius 1 is 1.06 bits per heavy atom. The second kappa shape index (κ2) is 5.09. The van der Waals surface area contributed by atoms with Crippen LogP contribution < -0.4 is 0 Å². The van der Waals surface area contributed by atoms with Gasteiger partial charge in [-0.1, -0.05) is 0 Å². The number of hydrogen-bond donors (Lipinski definition) is 0. The van der Waals surface area contributed by atoms with Gasteiger partial charge in [0.2, 0.25) is 0 Å². The molecule has 4 nitrogen and oxygen atoms in total. The number of carbonyl (C=O) groups is 3. The first-order valence-corrected chi connectivity index (χ1v) is 4.85. The summed E-state index contributed by atoms with van der Waals surface area (Å²) >= 11 is 10.5.